The van der Waals surface area contributed by atoms with Crippen LogP contribution in [0.2, 0.25) is 0 Å². The predicted molar refractivity (Wildman–Crippen MR) is 66.6 cm³/mol. The Labute approximate surface area is 102 Å². The number of hydrogen-bond acceptors (Lipinski definition) is 3. The van der Waals surface area contributed by atoms with E-state index in [-0.39, 0.29) is 6.10 Å². The molecule has 3 heteroatoms. The molecule has 3 nitrogen and oxygen atoms in total. The molecule has 1 aliphatic carbocycles. The first-order valence-electron chi connectivity index (χ1n) is 6.41. The smallest absolute Gasteiger partial charge is 0.125 e. The first-order valence-corrected chi connectivity index (χ1v) is 6.41. The second-order valence-electron chi connectivity index (χ2n) is 4.74. The Balaban J connectivity index is 2.02. The summed E-state index contributed by atoms with van der Waals surface area (Å²) in [5, 5.41) is 3.40. The van der Waals surface area contributed by atoms with Crippen LogP contribution in [-0.4, -0.2) is 26.8 Å². The van der Waals surface area contributed by atoms with Gasteiger partial charge < -0.3 is 14.8 Å². The lowest BCUT2D eigenvalue weighted by Crippen LogP contribution is -2.34. The fourth-order valence-corrected chi connectivity index (χ4v) is 2.96. The van der Waals surface area contributed by atoms with Crippen LogP contribution in [-0.2, 0) is 17.6 Å². The summed E-state index contributed by atoms with van der Waals surface area (Å²) in [6.45, 7) is 2.64. The molecular formula is C14H19NO2. The molecule has 92 valence electrons. The molecular weight excluding hydrogens is 214 g/mol. The Morgan fingerprint density at radius 1 is 1.35 bits per heavy atom. The van der Waals surface area contributed by atoms with E-state index >= 15 is 0 Å². The van der Waals surface area contributed by atoms with Crippen LogP contribution in [0.25, 0.3) is 0 Å². The summed E-state index contributed by atoms with van der Waals surface area (Å²) in [5.74, 6) is 0.986. The highest BCUT2D eigenvalue weighted by atomic mass is 16.5. The lowest BCUT2D eigenvalue weighted by Gasteiger charge is -2.27. The van der Waals surface area contributed by atoms with Gasteiger partial charge >= 0.3 is 0 Å². The molecule has 3 rings (SSSR count). The average molecular weight is 233 g/mol. The van der Waals surface area contributed by atoms with Gasteiger partial charge in [0.15, 0.2) is 0 Å². The molecule has 17 heavy (non-hydrogen) atoms. The number of rotatable bonds is 2. The van der Waals surface area contributed by atoms with Crippen LogP contribution in [0.1, 0.15) is 29.2 Å². The maximum absolute atomic E-state index is 5.89. The number of ether oxygens (including phenoxy) is 2. The molecule has 0 amide bonds. The lowest BCUT2D eigenvalue weighted by atomic mass is 9.97. The number of methoxy groups -OCH3 is 1. The van der Waals surface area contributed by atoms with Gasteiger partial charge in [-0.15, -0.1) is 0 Å². The van der Waals surface area contributed by atoms with Gasteiger partial charge in [-0.3, -0.25) is 0 Å². The molecule has 1 unspecified atom stereocenters. The zero-order valence-electron chi connectivity index (χ0n) is 10.3. The summed E-state index contributed by atoms with van der Waals surface area (Å²) >= 11 is 0. The third-order valence-electron chi connectivity index (χ3n) is 3.76. The number of benzene rings is 1. The fraction of sp³-hybridized carbons (Fsp3) is 0.571. The van der Waals surface area contributed by atoms with Crippen LogP contribution in [0, 0.1) is 0 Å². The third kappa shape index (κ3) is 1.94. The van der Waals surface area contributed by atoms with Crippen molar-refractivity contribution in [3.8, 4) is 5.75 Å². The van der Waals surface area contributed by atoms with E-state index in [0.29, 0.717) is 0 Å². The molecule has 1 fully saturated rings. The van der Waals surface area contributed by atoms with Crippen LogP contribution >= 0.6 is 0 Å². The highest BCUT2D eigenvalue weighted by Crippen LogP contribution is 2.37. The van der Waals surface area contributed by atoms with Gasteiger partial charge in [0, 0.05) is 18.7 Å². The van der Waals surface area contributed by atoms with Crippen LogP contribution in [0.3, 0.4) is 0 Å². The molecule has 2 aliphatic rings. The lowest BCUT2D eigenvalue weighted by molar-refractivity contribution is 0.0257. The van der Waals surface area contributed by atoms with Crippen molar-refractivity contribution in [2.45, 2.75) is 25.4 Å². The van der Waals surface area contributed by atoms with E-state index in [0.717, 1.165) is 25.4 Å². The third-order valence-corrected chi connectivity index (χ3v) is 3.76. The van der Waals surface area contributed by atoms with Gasteiger partial charge in [-0.2, -0.15) is 0 Å². The van der Waals surface area contributed by atoms with E-state index in [1.807, 2.05) is 0 Å². The Morgan fingerprint density at radius 2 is 2.29 bits per heavy atom. The van der Waals surface area contributed by atoms with Crippen LogP contribution in [0.4, 0.5) is 0 Å². The van der Waals surface area contributed by atoms with Crippen LogP contribution in [0.15, 0.2) is 12.1 Å². The van der Waals surface area contributed by atoms with Crippen molar-refractivity contribution in [2.75, 3.05) is 26.8 Å². The van der Waals surface area contributed by atoms with Crippen molar-refractivity contribution in [3.05, 3.63) is 28.8 Å². The SMILES string of the molecule is COc1ccc2c(c1C1CNCCO1)CCC2. The molecule has 1 saturated heterocycles. The van der Waals surface area contributed by atoms with Gasteiger partial charge in [0.1, 0.15) is 5.75 Å². The fourth-order valence-electron chi connectivity index (χ4n) is 2.96. The number of fused-ring (bicyclic) bond motifs is 1. The van der Waals surface area contributed by atoms with Gasteiger partial charge in [0.2, 0.25) is 0 Å². The average Bonchev–Trinajstić information content (AvgIpc) is 2.86. The number of nitrogens with one attached hydrogen (secondary N) is 1. The van der Waals surface area contributed by atoms with Crippen molar-refractivity contribution >= 4 is 0 Å². The van der Waals surface area contributed by atoms with E-state index in [4.69, 9.17) is 9.47 Å². The summed E-state index contributed by atoms with van der Waals surface area (Å²) in [6, 6.07) is 4.30. The van der Waals surface area contributed by atoms with E-state index in [1.54, 1.807) is 7.11 Å². The predicted octanol–water partition coefficient (Wildman–Crippen LogP) is 1.84. The van der Waals surface area contributed by atoms with Gasteiger partial charge in [0.25, 0.3) is 0 Å². The first kappa shape index (κ1) is 11.1. The van der Waals surface area contributed by atoms with Gasteiger partial charge in [0.05, 0.1) is 19.8 Å². The Kier molecular flexibility index (Phi) is 3.04. The number of aryl methyl sites for hydroxylation is 1. The summed E-state index contributed by atoms with van der Waals surface area (Å²) in [4.78, 5) is 0. The molecule has 0 radical (unpaired) electrons. The van der Waals surface area contributed by atoms with E-state index in [2.05, 4.69) is 17.4 Å². The first-order chi connectivity index (χ1) is 8.40. The van der Waals surface area contributed by atoms with Crippen molar-refractivity contribution in [1.82, 2.24) is 5.32 Å². The molecule has 1 aromatic rings. The number of hydrogen-bond donors (Lipinski definition) is 1. The standard InChI is InChI=1S/C14H19NO2/c1-16-12-6-5-10-3-2-4-11(10)14(12)13-9-15-7-8-17-13/h5-6,13,15H,2-4,7-9H2,1H3. The van der Waals surface area contributed by atoms with E-state index in [9.17, 15) is 0 Å². The van der Waals surface area contributed by atoms with Crippen LogP contribution in [0.5, 0.6) is 5.75 Å². The normalized spacial score (nSPS) is 23.5. The molecule has 0 aromatic heterocycles. The van der Waals surface area contributed by atoms with Crippen molar-refractivity contribution in [3.63, 3.8) is 0 Å². The Bertz CT molecular complexity index is 411. The molecule has 1 aromatic carbocycles. The molecule has 0 saturated carbocycles. The van der Waals surface area contributed by atoms with E-state index in [1.165, 1.54) is 36.0 Å². The summed E-state index contributed by atoms with van der Waals surface area (Å²) < 4.78 is 11.4. The zero-order valence-corrected chi connectivity index (χ0v) is 10.3. The second-order valence-corrected chi connectivity index (χ2v) is 4.74. The minimum absolute atomic E-state index is 0.159. The molecule has 1 aliphatic heterocycles. The van der Waals surface area contributed by atoms with Gasteiger partial charge in [-0.1, -0.05) is 6.07 Å². The zero-order chi connectivity index (χ0) is 11.7. The van der Waals surface area contributed by atoms with Crippen molar-refractivity contribution < 1.29 is 9.47 Å². The molecule has 0 bridgehead atoms. The maximum Gasteiger partial charge on any atom is 0.125 e. The maximum atomic E-state index is 5.89. The van der Waals surface area contributed by atoms with Gasteiger partial charge in [-0.25, -0.2) is 0 Å². The van der Waals surface area contributed by atoms with Crippen molar-refractivity contribution in [2.24, 2.45) is 0 Å². The Hall–Kier alpha value is -1.06. The van der Waals surface area contributed by atoms with Crippen molar-refractivity contribution in [1.29, 1.82) is 0 Å². The minimum Gasteiger partial charge on any atom is -0.496 e. The highest BCUT2D eigenvalue weighted by Gasteiger charge is 2.26. The Morgan fingerprint density at radius 3 is 3.06 bits per heavy atom. The van der Waals surface area contributed by atoms with Gasteiger partial charge in [-0.05, 0) is 36.5 Å². The van der Waals surface area contributed by atoms with Crippen LogP contribution < -0.4 is 10.1 Å². The summed E-state index contributed by atoms with van der Waals surface area (Å²) in [7, 11) is 1.75. The monoisotopic (exact) mass is 233 g/mol. The molecule has 1 heterocycles. The second kappa shape index (κ2) is 4.67. The molecule has 1 atom stereocenters. The summed E-state index contributed by atoms with van der Waals surface area (Å²) in [6.07, 6.45) is 3.79. The van der Waals surface area contributed by atoms with E-state index < -0.39 is 0 Å². The summed E-state index contributed by atoms with van der Waals surface area (Å²) in [5.41, 5.74) is 4.24. The topological polar surface area (TPSA) is 30.5 Å². The number of morpholine rings is 1. The quantitative estimate of drug-likeness (QED) is 0.845. The largest absolute Gasteiger partial charge is 0.496 e. The highest BCUT2D eigenvalue weighted by molar-refractivity contribution is 5.49. The minimum atomic E-state index is 0.159. The molecule has 0 spiro atoms. The molecule has 1 N–H and O–H groups in total.